The molecule has 0 aliphatic carbocycles. The first kappa shape index (κ1) is 13.8. The average molecular weight is 250 g/mol. The number of hydrogen-bond acceptors (Lipinski definition) is 2. The summed E-state index contributed by atoms with van der Waals surface area (Å²) in [5, 5.41) is 1.53. The number of carbonyl (C=O) groups excluding carboxylic acids is 1. The second kappa shape index (κ2) is 5.92. The van der Waals surface area contributed by atoms with Gasteiger partial charge in [-0.3, -0.25) is 4.79 Å². The second-order valence-electron chi connectivity index (χ2n) is 4.43. The highest BCUT2D eigenvalue weighted by atomic mass is 32.2. The number of rotatable bonds is 4. The molecule has 0 aliphatic heterocycles. The molecule has 0 heterocycles. The Hall–Kier alpha value is -1.22. The fourth-order valence-electron chi connectivity index (χ4n) is 1.41. The zero-order valence-electron chi connectivity index (χ0n) is 10.7. The Kier molecular flexibility index (Phi) is 4.82. The lowest BCUT2D eigenvalue weighted by Crippen LogP contribution is -2.08. The molecule has 0 fully saturated rings. The maximum Gasteiger partial charge on any atom is 0.161 e. The lowest BCUT2D eigenvalue weighted by Gasteiger charge is -2.04. The molecule has 1 aromatic carbocycles. The van der Waals surface area contributed by atoms with Crippen molar-refractivity contribution < 1.29 is 9.00 Å². The summed E-state index contributed by atoms with van der Waals surface area (Å²) in [6.45, 7) is 7.38. The van der Waals surface area contributed by atoms with Crippen molar-refractivity contribution in [1.29, 1.82) is 0 Å². The maximum absolute atomic E-state index is 12.0. The van der Waals surface area contributed by atoms with Gasteiger partial charge in [0.05, 0.1) is 10.8 Å². The first-order valence-corrected chi connectivity index (χ1v) is 6.83. The molecule has 0 amide bonds. The number of Topliss-reactive ketones (excluding diaryl/α,β-unsaturated/α-hetero) is 1. The van der Waals surface area contributed by atoms with Gasteiger partial charge in [0.25, 0.3) is 0 Å². The first-order valence-electron chi connectivity index (χ1n) is 5.61. The van der Waals surface area contributed by atoms with Crippen LogP contribution in [0, 0.1) is 12.8 Å². The van der Waals surface area contributed by atoms with Crippen molar-refractivity contribution in [3.63, 3.8) is 0 Å². The quantitative estimate of drug-likeness (QED) is 0.769. The van der Waals surface area contributed by atoms with Crippen LogP contribution in [-0.2, 0) is 15.6 Å². The summed E-state index contributed by atoms with van der Waals surface area (Å²) in [4.78, 5) is 12.4. The van der Waals surface area contributed by atoms with E-state index in [9.17, 15) is 9.00 Å². The molecule has 0 unspecified atom stereocenters. The van der Waals surface area contributed by atoms with Gasteiger partial charge in [-0.2, -0.15) is 0 Å². The lowest BCUT2D eigenvalue weighted by molar-refractivity contribution is -0.118. The summed E-state index contributed by atoms with van der Waals surface area (Å²) in [5.41, 5.74) is 1.70. The molecule has 1 atom stereocenters. The predicted octanol–water partition coefficient (Wildman–Crippen LogP) is 3.23. The highest BCUT2D eigenvalue weighted by Gasteiger charge is 2.11. The molecule has 0 bridgehead atoms. The summed E-state index contributed by atoms with van der Waals surface area (Å²) in [5.74, 6) is -0.00766. The molecule has 3 heteroatoms. The van der Waals surface area contributed by atoms with Gasteiger partial charge in [0, 0.05) is 21.8 Å². The largest absolute Gasteiger partial charge is 0.294 e. The van der Waals surface area contributed by atoms with E-state index >= 15 is 0 Å². The van der Waals surface area contributed by atoms with Gasteiger partial charge in [0.2, 0.25) is 0 Å². The van der Waals surface area contributed by atoms with Crippen molar-refractivity contribution in [3.8, 4) is 0 Å². The van der Waals surface area contributed by atoms with E-state index in [1.54, 1.807) is 6.92 Å². The number of carbonyl (C=O) groups is 1. The zero-order chi connectivity index (χ0) is 13.0. The molecular formula is C14H18O2S. The number of benzene rings is 1. The van der Waals surface area contributed by atoms with E-state index < -0.39 is 10.8 Å². The minimum atomic E-state index is -1.24. The Morgan fingerprint density at radius 1 is 1.24 bits per heavy atom. The smallest absolute Gasteiger partial charge is 0.161 e. The molecule has 2 nitrogen and oxygen atoms in total. The number of aryl methyl sites for hydroxylation is 1. The van der Waals surface area contributed by atoms with Crippen LogP contribution in [0.25, 0.3) is 0 Å². The molecule has 1 aromatic rings. The Morgan fingerprint density at radius 3 is 2.24 bits per heavy atom. The van der Waals surface area contributed by atoms with Crippen LogP contribution in [0.2, 0.25) is 0 Å². The van der Waals surface area contributed by atoms with Crippen LogP contribution < -0.4 is 0 Å². The van der Waals surface area contributed by atoms with E-state index in [1.165, 1.54) is 5.41 Å². The number of hydrogen-bond donors (Lipinski definition) is 0. The van der Waals surface area contributed by atoms with Crippen LogP contribution in [0.5, 0.6) is 0 Å². The Labute approximate surface area is 105 Å². The Morgan fingerprint density at radius 2 is 1.76 bits per heavy atom. The van der Waals surface area contributed by atoms with Crippen molar-refractivity contribution >= 4 is 16.6 Å². The van der Waals surface area contributed by atoms with E-state index in [-0.39, 0.29) is 11.7 Å². The highest BCUT2D eigenvalue weighted by molar-refractivity contribution is 7.88. The molecule has 0 saturated heterocycles. The molecule has 0 N–H and O–H groups in total. The van der Waals surface area contributed by atoms with Gasteiger partial charge in [0.15, 0.2) is 5.78 Å². The summed E-state index contributed by atoms with van der Waals surface area (Å²) in [6, 6.07) is 7.49. The third kappa shape index (κ3) is 3.93. The van der Waals surface area contributed by atoms with Gasteiger partial charge in [-0.15, -0.1) is 0 Å². The molecule has 0 saturated carbocycles. The standard InChI is InChI=1S/C14H18O2S/c1-10(2)14(15)12(4)9-17(16)13-7-5-11(3)6-8-13/h5-10H,1-4H3/b12-9-/t17-/m1/s1. The Balaban J connectivity index is 2.88. The topological polar surface area (TPSA) is 34.1 Å². The minimum absolute atomic E-state index is 0.0467. The van der Waals surface area contributed by atoms with Gasteiger partial charge in [-0.05, 0) is 26.0 Å². The lowest BCUT2D eigenvalue weighted by atomic mass is 10.0. The van der Waals surface area contributed by atoms with Crippen molar-refractivity contribution in [2.45, 2.75) is 32.6 Å². The van der Waals surface area contributed by atoms with Crippen LogP contribution >= 0.6 is 0 Å². The molecule has 17 heavy (non-hydrogen) atoms. The Bertz CT molecular complexity index is 456. The molecule has 92 valence electrons. The van der Waals surface area contributed by atoms with Crippen LogP contribution in [-0.4, -0.2) is 9.99 Å². The molecule has 0 aromatic heterocycles. The molecule has 0 spiro atoms. The van der Waals surface area contributed by atoms with Crippen molar-refractivity contribution in [2.24, 2.45) is 5.92 Å². The fourth-order valence-corrected chi connectivity index (χ4v) is 2.39. The molecule has 1 rings (SSSR count). The highest BCUT2D eigenvalue weighted by Crippen LogP contribution is 2.13. The van der Waals surface area contributed by atoms with Crippen molar-refractivity contribution in [3.05, 3.63) is 40.8 Å². The number of allylic oxidation sites excluding steroid dienone is 1. The van der Waals surface area contributed by atoms with Gasteiger partial charge in [-0.1, -0.05) is 31.5 Å². The van der Waals surface area contributed by atoms with Crippen molar-refractivity contribution in [1.82, 2.24) is 0 Å². The molecular weight excluding hydrogens is 232 g/mol. The van der Waals surface area contributed by atoms with E-state index in [0.717, 1.165) is 10.5 Å². The SMILES string of the molecule is C/C(=C/[S@@](=O)c1ccc(C)cc1)C(=O)C(C)C. The zero-order valence-corrected chi connectivity index (χ0v) is 11.5. The van der Waals surface area contributed by atoms with Crippen LogP contribution in [0.4, 0.5) is 0 Å². The summed E-state index contributed by atoms with van der Waals surface area (Å²) < 4.78 is 12.0. The first-order chi connectivity index (χ1) is 7.91. The minimum Gasteiger partial charge on any atom is -0.294 e. The van der Waals surface area contributed by atoms with Crippen LogP contribution in [0.3, 0.4) is 0 Å². The normalized spacial score (nSPS) is 13.8. The predicted molar refractivity (Wildman–Crippen MR) is 71.2 cm³/mol. The van der Waals surface area contributed by atoms with Crippen LogP contribution in [0.15, 0.2) is 40.1 Å². The van der Waals surface area contributed by atoms with E-state index in [0.29, 0.717) is 5.57 Å². The monoisotopic (exact) mass is 250 g/mol. The fraction of sp³-hybridized carbons (Fsp3) is 0.357. The summed E-state index contributed by atoms with van der Waals surface area (Å²) >= 11 is 0. The molecule has 0 radical (unpaired) electrons. The van der Waals surface area contributed by atoms with Gasteiger partial charge in [0.1, 0.15) is 0 Å². The van der Waals surface area contributed by atoms with E-state index in [2.05, 4.69) is 0 Å². The maximum atomic E-state index is 12.0. The summed E-state index contributed by atoms with van der Waals surface area (Å²) in [7, 11) is -1.24. The summed E-state index contributed by atoms with van der Waals surface area (Å²) in [6.07, 6.45) is 0. The van der Waals surface area contributed by atoms with E-state index in [1.807, 2.05) is 45.0 Å². The van der Waals surface area contributed by atoms with Gasteiger partial charge in [-0.25, -0.2) is 4.21 Å². The van der Waals surface area contributed by atoms with Crippen molar-refractivity contribution in [2.75, 3.05) is 0 Å². The van der Waals surface area contributed by atoms with E-state index in [4.69, 9.17) is 0 Å². The average Bonchev–Trinajstić information content (AvgIpc) is 2.28. The number of ketones is 1. The van der Waals surface area contributed by atoms with Crippen LogP contribution in [0.1, 0.15) is 26.3 Å². The van der Waals surface area contributed by atoms with Gasteiger partial charge >= 0.3 is 0 Å². The third-order valence-electron chi connectivity index (χ3n) is 2.45. The second-order valence-corrected chi connectivity index (χ2v) is 5.73. The third-order valence-corrected chi connectivity index (χ3v) is 3.75. The van der Waals surface area contributed by atoms with Gasteiger partial charge < -0.3 is 0 Å². The molecule has 0 aliphatic rings.